The van der Waals surface area contributed by atoms with Gasteiger partial charge in [0.2, 0.25) is 0 Å². The average Bonchev–Trinajstić information content (AvgIpc) is 1.88. The van der Waals surface area contributed by atoms with Crippen LogP contribution in [0, 0.1) is 0 Å². The van der Waals surface area contributed by atoms with Gasteiger partial charge in [0.05, 0.1) is 0 Å². The van der Waals surface area contributed by atoms with Crippen LogP contribution in [0.15, 0.2) is 18.2 Å². The highest BCUT2D eigenvalue weighted by atomic mass is 35.5. The molecule has 0 heterocycles. The molecule has 10 heavy (non-hydrogen) atoms. The first-order chi connectivity index (χ1) is 4.74. The molecule has 1 radical (unpaired) electrons. The first-order valence-electron chi connectivity index (χ1n) is 2.66. The van der Waals surface area contributed by atoms with Gasteiger partial charge in [-0.1, -0.05) is 29.3 Å². The molecular weight excluding hydrogens is 170 g/mol. The molecule has 0 atom stereocenters. The molecule has 0 spiro atoms. The minimum Gasteiger partial charge on any atom is -0.450 e. The lowest BCUT2D eigenvalue weighted by Crippen LogP contribution is -2.13. The molecule has 0 unspecified atom stereocenters. The number of hydrogen-bond acceptors (Lipinski definition) is 1. The standard InChI is InChI=1S/C6H4BCl2O/c8-4-1-2-5(7-10)6(9)3-4/h1-3,10H. The molecule has 0 aliphatic rings. The fourth-order valence-electron chi connectivity index (χ4n) is 0.606. The Bertz CT molecular complexity index is 239. The van der Waals surface area contributed by atoms with E-state index in [4.69, 9.17) is 28.2 Å². The highest BCUT2D eigenvalue weighted by Crippen LogP contribution is 2.12. The molecule has 1 nitrogen and oxygen atoms in total. The van der Waals surface area contributed by atoms with Crippen molar-refractivity contribution < 1.29 is 5.02 Å². The van der Waals surface area contributed by atoms with E-state index < -0.39 is 0 Å². The third-order valence-electron chi connectivity index (χ3n) is 1.10. The molecule has 0 saturated heterocycles. The molecule has 0 aliphatic heterocycles. The zero-order valence-corrected chi connectivity index (χ0v) is 6.52. The van der Waals surface area contributed by atoms with Gasteiger partial charge in [-0.15, -0.1) is 0 Å². The molecule has 0 aromatic heterocycles. The zero-order valence-electron chi connectivity index (χ0n) is 5.01. The van der Waals surface area contributed by atoms with Crippen LogP contribution in [-0.2, 0) is 0 Å². The molecule has 1 N–H and O–H groups in total. The number of rotatable bonds is 1. The van der Waals surface area contributed by atoms with Gasteiger partial charge >= 0.3 is 7.48 Å². The molecule has 0 bridgehead atoms. The number of benzene rings is 1. The van der Waals surface area contributed by atoms with Crippen molar-refractivity contribution in [3.05, 3.63) is 28.2 Å². The Morgan fingerprint density at radius 1 is 1.30 bits per heavy atom. The third-order valence-corrected chi connectivity index (χ3v) is 1.66. The molecule has 0 fully saturated rings. The maximum atomic E-state index is 8.56. The van der Waals surface area contributed by atoms with Gasteiger partial charge in [0.15, 0.2) is 0 Å². The normalized spacial score (nSPS) is 9.50. The van der Waals surface area contributed by atoms with Crippen LogP contribution < -0.4 is 5.46 Å². The average molecular weight is 174 g/mol. The van der Waals surface area contributed by atoms with E-state index in [1.807, 2.05) is 0 Å². The predicted octanol–water partition coefficient (Wildman–Crippen LogP) is 1.23. The summed E-state index contributed by atoms with van der Waals surface area (Å²) < 4.78 is 0. The summed E-state index contributed by atoms with van der Waals surface area (Å²) in [5.41, 5.74) is 0.575. The van der Waals surface area contributed by atoms with Crippen molar-refractivity contribution in [3.63, 3.8) is 0 Å². The van der Waals surface area contributed by atoms with Crippen molar-refractivity contribution >= 4 is 36.1 Å². The zero-order chi connectivity index (χ0) is 7.56. The van der Waals surface area contributed by atoms with Gasteiger partial charge in [0.25, 0.3) is 0 Å². The van der Waals surface area contributed by atoms with Crippen LogP contribution in [0.2, 0.25) is 10.0 Å². The van der Waals surface area contributed by atoms with Crippen molar-refractivity contribution in [2.24, 2.45) is 0 Å². The van der Waals surface area contributed by atoms with E-state index >= 15 is 0 Å². The van der Waals surface area contributed by atoms with E-state index in [0.29, 0.717) is 15.5 Å². The monoisotopic (exact) mass is 173 g/mol. The first kappa shape index (κ1) is 7.93. The SMILES string of the molecule is O[B]c1ccc(Cl)cc1Cl. The number of hydrogen-bond donors (Lipinski definition) is 1. The van der Waals surface area contributed by atoms with E-state index in [1.165, 1.54) is 0 Å². The van der Waals surface area contributed by atoms with Crippen LogP contribution in [0.4, 0.5) is 0 Å². The second-order valence-electron chi connectivity index (χ2n) is 1.79. The topological polar surface area (TPSA) is 20.2 Å². The summed E-state index contributed by atoms with van der Waals surface area (Å²) in [5, 5.41) is 9.58. The van der Waals surface area contributed by atoms with E-state index in [2.05, 4.69) is 0 Å². The summed E-state index contributed by atoms with van der Waals surface area (Å²) in [7, 11) is 0.943. The maximum Gasteiger partial charge on any atom is 0.328 e. The fourth-order valence-corrected chi connectivity index (χ4v) is 1.06. The van der Waals surface area contributed by atoms with E-state index in [1.54, 1.807) is 18.2 Å². The lowest BCUT2D eigenvalue weighted by molar-refractivity contribution is 0.615. The Labute approximate surface area is 69.9 Å². The summed E-state index contributed by atoms with van der Waals surface area (Å²) in [4.78, 5) is 0. The summed E-state index contributed by atoms with van der Waals surface area (Å²) in [6, 6.07) is 4.88. The maximum absolute atomic E-state index is 8.56. The van der Waals surface area contributed by atoms with Crippen molar-refractivity contribution in [1.29, 1.82) is 0 Å². The minimum atomic E-state index is 0.454. The molecule has 1 aromatic carbocycles. The van der Waals surface area contributed by atoms with Gasteiger partial charge < -0.3 is 5.02 Å². The molecule has 0 saturated carbocycles. The van der Waals surface area contributed by atoms with Gasteiger partial charge in [0, 0.05) is 10.0 Å². The van der Waals surface area contributed by atoms with E-state index in [9.17, 15) is 0 Å². The predicted molar refractivity (Wildman–Crippen MR) is 44.1 cm³/mol. The quantitative estimate of drug-likeness (QED) is 0.634. The van der Waals surface area contributed by atoms with Crippen LogP contribution in [0.1, 0.15) is 0 Å². The molecule has 0 amide bonds. The Hall–Kier alpha value is -0.175. The summed E-state index contributed by atoms with van der Waals surface area (Å²) in [6.07, 6.45) is 0. The molecular formula is C6H4BCl2O. The lowest BCUT2D eigenvalue weighted by atomic mass is 9.89. The third kappa shape index (κ3) is 1.66. The van der Waals surface area contributed by atoms with Crippen LogP contribution in [0.5, 0.6) is 0 Å². The van der Waals surface area contributed by atoms with Crippen LogP contribution >= 0.6 is 23.2 Å². The molecule has 51 valence electrons. The Morgan fingerprint density at radius 2 is 2.00 bits per heavy atom. The molecule has 4 heteroatoms. The Kier molecular flexibility index (Phi) is 2.60. The Morgan fingerprint density at radius 3 is 2.50 bits per heavy atom. The second kappa shape index (κ2) is 3.29. The first-order valence-corrected chi connectivity index (χ1v) is 3.42. The lowest BCUT2D eigenvalue weighted by Gasteiger charge is -1.97. The second-order valence-corrected chi connectivity index (χ2v) is 2.64. The van der Waals surface area contributed by atoms with Gasteiger partial charge in [0.1, 0.15) is 0 Å². The van der Waals surface area contributed by atoms with E-state index in [0.717, 1.165) is 7.48 Å². The smallest absolute Gasteiger partial charge is 0.328 e. The van der Waals surface area contributed by atoms with Crippen LogP contribution in [-0.4, -0.2) is 12.5 Å². The number of halogens is 2. The fraction of sp³-hybridized carbons (Fsp3) is 0. The largest absolute Gasteiger partial charge is 0.450 e. The minimum absolute atomic E-state index is 0.454. The van der Waals surface area contributed by atoms with Crippen molar-refractivity contribution in [3.8, 4) is 0 Å². The van der Waals surface area contributed by atoms with Gasteiger partial charge in [-0.3, -0.25) is 0 Å². The summed E-state index contributed by atoms with van der Waals surface area (Å²) in [5.74, 6) is 0. The Balaban J connectivity index is 3.07. The van der Waals surface area contributed by atoms with Crippen molar-refractivity contribution in [1.82, 2.24) is 0 Å². The van der Waals surface area contributed by atoms with Gasteiger partial charge in [-0.25, -0.2) is 0 Å². The van der Waals surface area contributed by atoms with Crippen LogP contribution in [0.25, 0.3) is 0 Å². The van der Waals surface area contributed by atoms with E-state index in [-0.39, 0.29) is 0 Å². The molecule has 1 aromatic rings. The van der Waals surface area contributed by atoms with Crippen LogP contribution in [0.3, 0.4) is 0 Å². The summed E-state index contributed by atoms with van der Waals surface area (Å²) in [6.45, 7) is 0. The van der Waals surface area contributed by atoms with Crippen molar-refractivity contribution in [2.75, 3.05) is 0 Å². The highest BCUT2D eigenvalue weighted by molar-refractivity contribution is 6.53. The molecule has 1 rings (SSSR count). The highest BCUT2D eigenvalue weighted by Gasteiger charge is 1.99. The molecule has 0 aliphatic carbocycles. The van der Waals surface area contributed by atoms with Crippen molar-refractivity contribution in [2.45, 2.75) is 0 Å². The summed E-state index contributed by atoms with van der Waals surface area (Å²) >= 11 is 11.2. The van der Waals surface area contributed by atoms with Gasteiger partial charge in [-0.05, 0) is 17.6 Å². The van der Waals surface area contributed by atoms with Gasteiger partial charge in [-0.2, -0.15) is 0 Å².